The van der Waals surface area contributed by atoms with Gasteiger partial charge in [-0.15, -0.1) is 12.8 Å². The van der Waals surface area contributed by atoms with Gasteiger partial charge in [0.25, 0.3) is 0 Å². The number of aliphatic imine (C=N–C) groups is 1. The second-order valence-electron chi connectivity index (χ2n) is 12.4. The molecule has 0 spiro atoms. The number of rotatable bonds is 12. The van der Waals surface area contributed by atoms with E-state index in [-0.39, 0.29) is 11.5 Å². The highest BCUT2D eigenvalue weighted by molar-refractivity contribution is 6.34. The van der Waals surface area contributed by atoms with Crippen LogP contribution in [0.1, 0.15) is 106 Å². The van der Waals surface area contributed by atoms with Gasteiger partial charge in [-0.25, -0.2) is 0 Å². The maximum atomic E-state index is 13.7. The summed E-state index contributed by atoms with van der Waals surface area (Å²) >= 11 is 6.37. The summed E-state index contributed by atoms with van der Waals surface area (Å²) in [5.41, 5.74) is 16.5. The molecule has 5 rings (SSSR count). The number of nitrogen functional groups attached to an aromatic ring is 1. The molecule has 1 aromatic carbocycles. The molecular formula is C40H54ClF3N6O. The number of aryl methyl sites for hydroxylation is 1. The van der Waals surface area contributed by atoms with Crippen LogP contribution in [0.15, 0.2) is 41.5 Å². The number of halogens is 4. The third-order valence-corrected chi connectivity index (χ3v) is 8.71. The molecule has 3 aromatic rings. The summed E-state index contributed by atoms with van der Waals surface area (Å²) < 4.78 is 46.7. The van der Waals surface area contributed by atoms with E-state index in [0.717, 1.165) is 71.9 Å². The number of alkyl halides is 3. The van der Waals surface area contributed by atoms with Crippen molar-refractivity contribution in [3.8, 4) is 29.9 Å². The SMILES string of the molecule is C#C.CC=C(NCC(c1cc(C)c(CCC)c(-c2ccnc(C(F)(F)F)c2Cl)n1)C1CC1)c1cc(C=NC2CC2)c(N)c(OC)c1.CCC.CN. The number of hydrogen-bond donors (Lipinski definition) is 3. The molecule has 1 atom stereocenters. The molecule has 0 saturated heterocycles. The Morgan fingerprint density at radius 2 is 1.78 bits per heavy atom. The van der Waals surface area contributed by atoms with Gasteiger partial charge in [-0.1, -0.05) is 51.3 Å². The van der Waals surface area contributed by atoms with Crippen molar-refractivity contribution in [2.45, 2.75) is 97.7 Å². The normalized spacial score (nSPS) is 14.7. The van der Waals surface area contributed by atoms with Crippen LogP contribution in [0.2, 0.25) is 5.02 Å². The van der Waals surface area contributed by atoms with Crippen LogP contribution in [-0.4, -0.2) is 42.9 Å². The van der Waals surface area contributed by atoms with Gasteiger partial charge >= 0.3 is 6.18 Å². The fourth-order valence-electron chi connectivity index (χ4n) is 5.62. The molecule has 0 radical (unpaired) electrons. The Balaban J connectivity index is 0.00000120. The molecule has 2 aliphatic rings. The van der Waals surface area contributed by atoms with Crippen molar-refractivity contribution in [3.63, 3.8) is 0 Å². The second kappa shape index (κ2) is 20.7. The van der Waals surface area contributed by atoms with Crippen molar-refractivity contribution in [1.82, 2.24) is 15.3 Å². The highest BCUT2D eigenvalue weighted by atomic mass is 35.5. The number of hydrogen-bond acceptors (Lipinski definition) is 7. The van der Waals surface area contributed by atoms with Gasteiger partial charge in [-0.3, -0.25) is 15.0 Å². The maximum Gasteiger partial charge on any atom is 0.434 e. The fourth-order valence-corrected chi connectivity index (χ4v) is 5.93. The van der Waals surface area contributed by atoms with Crippen molar-refractivity contribution in [1.29, 1.82) is 0 Å². The Bertz CT molecular complexity index is 1650. The van der Waals surface area contributed by atoms with Gasteiger partial charge in [0.1, 0.15) is 5.75 Å². The molecule has 0 amide bonds. The van der Waals surface area contributed by atoms with E-state index in [1.807, 2.05) is 45.2 Å². The summed E-state index contributed by atoms with van der Waals surface area (Å²) in [6.07, 6.45) is 15.4. The average Bonchev–Trinajstić information content (AvgIpc) is 4.05. The number of nitrogens with one attached hydrogen (secondary N) is 1. The minimum absolute atomic E-state index is 0.0485. The van der Waals surface area contributed by atoms with Crippen LogP contribution in [0.25, 0.3) is 17.0 Å². The molecule has 1 unspecified atom stereocenters. The quantitative estimate of drug-likeness (QED) is 0.0974. The molecule has 2 fully saturated rings. The monoisotopic (exact) mass is 726 g/mol. The van der Waals surface area contributed by atoms with Crippen LogP contribution in [-0.2, 0) is 12.6 Å². The van der Waals surface area contributed by atoms with Crippen molar-refractivity contribution in [2.24, 2.45) is 16.6 Å². The molecule has 51 heavy (non-hydrogen) atoms. The molecule has 278 valence electrons. The van der Waals surface area contributed by atoms with Crippen molar-refractivity contribution >= 4 is 29.2 Å². The van der Waals surface area contributed by atoms with Crippen LogP contribution < -0.4 is 21.5 Å². The standard InChI is InChI=1S/C34H39ClF3N5O.C3H8.C2H2.CH5N/c1-5-7-24-19(3)14-28(43-32(24)25-12-13-40-33(30(25)35)34(36,37)38)26(20-8-9-20)18-42-27(6-2)21-15-22(17-41-23-10-11-23)31(39)29(16-21)44-4;1-3-2;2*1-2/h6,12-17,20,23,26,42H,5,7-11,18,39H2,1-4H3;3H2,1-2H3;1-2H;2H2,1H3. The number of terminal acetylenes is 1. The number of nitrogens with two attached hydrogens (primary N) is 2. The third kappa shape index (κ3) is 11.7. The van der Waals surface area contributed by atoms with Gasteiger partial charge in [0.05, 0.1) is 29.6 Å². The Hall–Kier alpha value is -4.07. The molecule has 5 N–H and O–H groups in total. The van der Waals surface area contributed by atoms with Gasteiger partial charge in [0.15, 0.2) is 5.69 Å². The lowest BCUT2D eigenvalue weighted by Crippen LogP contribution is -2.23. The third-order valence-electron chi connectivity index (χ3n) is 8.33. The summed E-state index contributed by atoms with van der Waals surface area (Å²) in [7, 11) is 3.10. The first-order chi connectivity index (χ1) is 24.5. The summed E-state index contributed by atoms with van der Waals surface area (Å²) in [6.45, 7) is 10.9. The second-order valence-corrected chi connectivity index (χ2v) is 12.8. The van der Waals surface area contributed by atoms with Gasteiger partial charge in [-0.05, 0) is 94.3 Å². The van der Waals surface area contributed by atoms with E-state index in [2.05, 4.69) is 53.8 Å². The molecule has 2 aliphatic carbocycles. The summed E-state index contributed by atoms with van der Waals surface area (Å²) in [5, 5.41) is 3.22. The molecular weight excluding hydrogens is 673 g/mol. The average molecular weight is 727 g/mol. The Morgan fingerprint density at radius 3 is 2.31 bits per heavy atom. The highest BCUT2D eigenvalue weighted by Gasteiger charge is 2.37. The largest absolute Gasteiger partial charge is 0.495 e. The lowest BCUT2D eigenvalue weighted by Gasteiger charge is -2.23. The van der Waals surface area contributed by atoms with E-state index in [1.54, 1.807) is 7.11 Å². The zero-order valence-corrected chi connectivity index (χ0v) is 31.8. The minimum Gasteiger partial charge on any atom is -0.495 e. The Kier molecular flexibility index (Phi) is 17.5. The zero-order chi connectivity index (χ0) is 38.3. The highest BCUT2D eigenvalue weighted by Crippen LogP contribution is 2.45. The van der Waals surface area contributed by atoms with E-state index < -0.39 is 16.9 Å². The lowest BCUT2D eigenvalue weighted by atomic mass is 9.92. The van der Waals surface area contributed by atoms with E-state index in [4.69, 9.17) is 27.1 Å². The van der Waals surface area contributed by atoms with E-state index in [0.29, 0.717) is 42.1 Å². The lowest BCUT2D eigenvalue weighted by molar-refractivity contribution is -0.141. The van der Waals surface area contributed by atoms with Gasteiger partial charge in [-0.2, -0.15) is 13.2 Å². The van der Waals surface area contributed by atoms with Crippen molar-refractivity contribution in [2.75, 3.05) is 26.4 Å². The molecule has 2 saturated carbocycles. The van der Waals surface area contributed by atoms with Gasteiger partial charge < -0.3 is 21.5 Å². The first kappa shape index (κ1) is 43.1. The van der Waals surface area contributed by atoms with Crippen LogP contribution in [0.3, 0.4) is 0 Å². The van der Waals surface area contributed by atoms with Gasteiger partial charge in [0, 0.05) is 53.0 Å². The van der Waals surface area contributed by atoms with Crippen LogP contribution in [0, 0.1) is 25.7 Å². The van der Waals surface area contributed by atoms with Crippen LogP contribution in [0.4, 0.5) is 18.9 Å². The van der Waals surface area contributed by atoms with E-state index >= 15 is 0 Å². The van der Waals surface area contributed by atoms with Crippen LogP contribution in [0.5, 0.6) is 5.75 Å². The topological polar surface area (TPSA) is 111 Å². The zero-order valence-electron chi connectivity index (χ0n) is 31.0. The molecule has 0 bridgehead atoms. The summed E-state index contributed by atoms with van der Waals surface area (Å²) in [6, 6.07) is 7.93. The molecule has 2 aromatic heterocycles. The Labute approximate surface area is 307 Å². The number of nitrogens with zero attached hydrogens (tertiary/aromatic N) is 3. The fraction of sp³-hybridized carbons (Fsp3) is 0.475. The smallest absolute Gasteiger partial charge is 0.434 e. The molecule has 0 aliphatic heterocycles. The summed E-state index contributed by atoms with van der Waals surface area (Å²) in [5.74, 6) is 1.05. The number of allylic oxidation sites excluding steroid dienone is 1. The predicted octanol–water partition coefficient (Wildman–Crippen LogP) is 9.63. The number of anilines is 1. The number of benzene rings is 1. The Morgan fingerprint density at radius 1 is 1.14 bits per heavy atom. The predicted molar refractivity (Wildman–Crippen MR) is 207 cm³/mol. The molecule has 11 heteroatoms. The van der Waals surface area contributed by atoms with Crippen molar-refractivity contribution in [3.05, 3.63) is 75.2 Å². The number of methoxy groups -OCH3 is 1. The van der Waals surface area contributed by atoms with Crippen molar-refractivity contribution < 1.29 is 17.9 Å². The van der Waals surface area contributed by atoms with Gasteiger partial charge in [0.2, 0.25) is 0 Å². The van der Waals surface area contributed by atoms with Crippen LogP contribution >= 0.6 is 11.6 Å². The minimum atomic E-state index is -4.66. The number of ether oxygens (including phenoxy) is 1. The maximum absolute atomic E-state index is 13.7. The van der Waals surface area contributed by atoms with E-state index in [9.17, 15) is 13.2 Å². The first-order valence-corrected chi connectivity index (χ1v) is 17.9. The number of aromatic nitrogens is 2. The summed E-state index contributed by atoms with van der Waals surface area (Å²) in [4.78, 5) is 13.2. The molecule has 7 nitrogen and oxygen atoms in total. The van der Waals surface area contributed by atoms with E-state index in [1.165, 1.54) is 19.5 Å². The number of pyridine rings is 2. The molecule has 2 heterocycles. The first-order valence-electron chi connectivity index (χ1n) is 17.5.